The topological polar surface area (TPSA) is 38.8 Å². The van der Waals surface area contributed by atoms with Crippen molar-refractivity contribution in [1.82, 2.24) is 4.90 Å². The van der Waals surface area contributed by atoms with E-state index in [9.17, 15) is 4.79 Å². The number of hydrogen-bond acceptors (Lipinski definition) is 3. The summed E-state index contributed by atoms with van der Waals surface area (Å²) in [6, 6.07) is 13.8. The van der Waals surface area contributed by atoms with Crippen LogP contribution in [0, 0.1) is 6.92 Å². The second kappa shape index (κ2) is 8.09. The number of rotatable bonds is 5. The summed E-state index contributed by atoms with van der Waals surface area (Å²) in [7, 11) is 3.30. The zero-order valence-corrected chi connectivity index (χ0v) is 15.6. The van der Waals surface area contributed by atoms with Crippen LogP contribution in [0.2, 0.25) is 0 Å². The summed E-state index contributed by atoms with van der Waals surface area (Å²) in [5.74, 6) is 1.59. The third-order valence-electron chi connectivity index (χ3n) is 4.93. The van der Waals surface area contributed by atoms with Crippen molar-refractivity contribution >= 4 is 12.0 Å². The molecule has 1 fully saturated rings. The van der Waals surface area contributed by atoms with Crippen LogP contribution >= 0.6 is 0 Å². The molecule has 26 heavy (non-hydrogen) atoms. The van der Waals surface area contributed by atoms with Gasteiger partial charge in [0.2, 0.25) is 5.91 Å². The molecular formula is C22H25NO3. The van der Waals surface area contributed by atoms with Crippen molar-refractivity contribution in [3.8, 4) is 11.5 Å². The van der Waals surface area contributed by atoms with Crippen LogP contribution in [0.1, 0.15) is 35.6 Å². The molecule has 136 valence electrons. The molecule has 2 aromatic rings. The third-order valence-corrected chi connectivity index (χ3v) is 4.93. The summed E-state index contributed by atoms with van der Waals surface area (Å²) in [5.41, 5.74) is 3.22. The van der Waals surface area contributed by atoms with E-state index >= 15 is 0 Å². The van der Waals surface area contributed by atoms with Gasteiger partial charge in [-0.05, 0) is 55.2 Å². The first-order chi connectivity index (χ1) is 12.6. The minimum absolute atomic E-state index is 0.00840. The monoisotopic (exact) mass is 351 g/mol. The van der Waals surface area contributed by atoms with Gasteiger partial charge in [0, 0.05) is 18.2 Å². The predicted octanol–water partition coefficient (Wildman–Crippen LogP) is 4.39. The minimum atomic E-state index is 0.00840. The Balaban J connectivity index is 1.84. The van der Waals surface area contributed by atoms with Crippen LogP contribution in [-0.2, 0) is 4.79 Å². The van der Waals surface area contributed by atoms with Gasteiger partial charge in [0.1, 0.15) is 11.5 Å². The summed E-state index contributed by atoms with van der Waals surface area (Å²) >= 11 is 0. The SMILES string of the molecule is COc1ccc(OC)c([C@H]2CCCN2C(=O)/C=C/c2ccccc2C)c1. The smallest absolute Gasteiger partial charge is 0.247 e. The van der Waals surface area contributed by atoms with E-state index in [4.69, 9.17) is 9.47 Å². The van der Waals surface area contributed by atoms with Gasteiger partial charge < -0.3 is 14.4 Å². The zero-order chi connectivity index (χ0) is 18.5. The van der Waals surface area contributed by atoms with E-state index in [0.717, 1.165) is 47.6 Å². The van der Waals surface area contributed by atoms with Crippen molar-refractivity contribution < 1.29 is 14.3 Å². The number of hydrogen-bond donors (Lipinski definition) is 0. The average Bonchev–Trinajstić information content (AvgIpc) is 3.16. The highest BCUT2D eigenvalue weighted by Crippen LogP contribution is 2.39. The van der Waals surface area contributed by atoms with Crippen molar-refractivity contribution in [1.29, 1.82) is 0 Å². The van der Waals surface area contributed by atoms with Crippen LogP contribution in [0.5, 0.6) is 11.5 Å². The highest BCUT2D eigenvalue weighted by Gasteiger charge is 2.31. The molecule has 4 heteroatoms. The zero-order valence-electron chi connectivity index (χ0n) is 15.6. The Morgan fingerprint density at radius 1 is 1.15 bits per heavy atom. The molecule has 1 amide bonds. The maximum atomic E-state index is 12.8. The number of likely N-dealkylation sites (tertiary alicyclic amines) is 1. The molecule has 1 aliphatic heterocycles. The maximum Gasteiger partial charge on any atom is 0.247 e. The number of nitrogens with zero attached hydrogens (tertiary/aromatic N) is 1. The first-order valence-corrected chi connectivity index (χ1v) is 8.90. The van der Waals surface area contributed by atoms with Gasteiger partial charge in [-0.25, -0.2) is 0 Å². The van der Waals surface area contributed by atoms with Gasteiger partial charge in [0.25, 0.3) is 0 Å². The van der Waals surface area contributed by atoms with Gasteiger partial charge in [-0.3, -0.25) is 4.79 Å². The molecule has 2 aromatic carbocycles. The number of carbonyl (C=O) groups excluding carboxylic acids is 1. The largest absolute Gasteiger partial charge is 0.497 e. The second-order valence-electron chi connectivity index (χ2n) is 6.49. The summed E-state index contributed by atoms with van der Waals surface area (Å²) < 4.78 is 10.9. The first-order valence-electron chi connectivity index (χ1n) is 8.90. The Morgan fingerprint density at radius 3 is 2.69 bits per heavy atom. The van der Waals surface area contributed by atoms with Crippen molar-refractivity contribution in [3.63, 3.8) is 0 Å². The fourth-order valence-corrected chi connectivity index (χ4v) is 3.48. The molecule has 0 aromatic heterocycles. The molecule has 1 aliphatic rings. The van der Waals surface area contributed by atoms with Gasteiger partial charge >= 0.3 is 0 Å². The number of aryl methyl sites for hydroxylation is 1. The highest BCUT2D eigenvalue weighted by atomic mass is 16.5. The molecule has 1 saturated heterocycles. The Morgan fingerprint density at radius 2 is 1.96 bits per heavy atom. The molecule has 0 spiro atoms. The molecule has 0 saturated carbocycles. The molecule has 0 N–H and O–H groups in total. The first kappa shape index (κ1) is 18.1. The maximum absolute atomic E-state index is 12.8. The highest BCUT2D eigenvalue weighted by molar-refractivity contribution is 5.92. The Labute approximate surface area is 155 Å². The van der Waals surface area contributed by atoms with Crippen LogP contribution in [0.3, 0.4) is 0 Å². The Hall–Kier alpha value is -2.75. The number of amides is 1. The lowest BCUT2D eigenvalue weighted by molar-refractivity contribution is -0.126. The number of ether oxygens (including phenoxy) is 2. The lowest BCUT2D eigenvalue weighted by Crippen LogP contribution is -2.29. The molecule has 1 heterocycles. The van der Waals surface area contributed by atoms with E-state index in [0.29, 0.717) is 0 Å². The standard InChI is InChI=1S/C22H25NO3/c1-16-7-4-5-8-17(16)10-13-22(24)23-14-6-9-20(23)19-15-18(25-2)11-12-21(19)26-3/h4-5,7-8,10-13,15,20H,6,9,14H2,1-3H3/b13-10+/t20-/m1/s1. The summed E-state index contributed by atoms with van der Waals surface area (Å²) in [6.07, 6.45) is 5.48. The van der Waals surface area contributed by atoms with E-state index in [2.05, 4.69) is 0 Å². The molecule has 0 unspecified atom stereocenters. The summed E-state index contributed by atoms with van der Waals surface area (Å²) in [5, 5.41) is 0. The minimum Gasteiger partial charge on any atom is -0.497 e. The molecular weight excluding hydrogens is 326 g/mol. The van der Waals surface area contributed by atoms with E-state index in [1.165, 1.54) is 0 Å². The van der Waals surface area contributed by atoms with Crippen molar-refractivity contribution in [3.05, 3.63) is 65.2 Å². The van der Waals surface area contributed by atoms with Crippen molar-refractivity contribution in [2.75, 3.05) is 20.8 Å². The van der Waals surface area contributed by atoms with Gasteiger partial charge in [0.15, 0.2) is 0 Å². The molecule has 0 bridgehead atoms. The Kier molecular flexibility index (Phi) is 5.61. The molecule has 0 aliphatic carbocycles. The summed E-state index contributed by atoms with van der Waals surface area (Å²) in [4.78, 5) is 14.8. The average molecular weight is 351 g/mol. The Bertz CT molecular complexity index is 813. The van der Waals surface area contributed by atoms with Crippen LogP contribution in [-0.4, -0.2) is 31.6 Å². The lowest BCUT2D eigenvalue weighted by Gasteiger charge is -2.25. The van der Waals surface area contributed by atoms with E-state index < -0.39 is 0 Å². The summed E-state index contributed by atoms with van der Waals surface area (Å²) in [6.45, 7) is 2.80. The molecule has 3 rings (SSSR count). The van der Waals surface area contributed by atoms with Gasteiger partial charge in [0.05, 0.1) is 20.3 Å². The second-order valence-corrected chi connectivity index (χ2v) is 6.49. The van der Waals surface area contributed by atoms with Crippen LogP contribution in [0.25, 0.3) is 6.08 Å². The molecule has 4 nitrogen and oxygen atoms in total. The fraction of sp³-hybridized carbons (Fsp3) is 0.318. The number of carbonyl (C=O) groups is 1. The lowest BCUT2D eigenvalue weighted by atomic mass is 10.0. The number of benzene rings is 2. The fourth-order valence-electron chi connectivity index (χ4n) is 3.48. The third kappa shape index (κ3) is 3.74. The van der Waals surface area contributed by atoms with E-state index in [1.807, 2.05) is 60.4 Å². The normalized spacial score (nSPS) is 16.9. The van der Waals surface area contributed by atoms with E-state index in [1.54, 1.807) is 20.3 Å². The van der Waals surface area contributed by atoms with Gasteiger partial charge in [-0.2, -0.15) is 0 Å². The van der Waals surface area contributed by atoms with Gasteiger partial charge in [-0.1, -0.05) is 24.3 Å². The van der Waals surface area contributed by atoms with Gasteiger partial charge in [-0.15, -0.1) is 0 Å². The predicted molar refractivity (Wildman–Crippen MR) is 103 cm³/mol. The van der Waals surface area contributed by atoms with E-state index in [-0.39, 0.29) is 11.9 Å². The van der Waals surface area contributed by atoms with Crippen molar-refractivity contribution in [2.45, 2.75) is 25.8 Å². The van der Waals surface area contributed by atoms with Crippen LogP contribution in [0.15, 0.2) is 48.5 Å². The molecule has 0 radical (unpaired) electrons. The molecule has 1 atom stereocenters. The number of methoxy groups -OCH3 is 2. The van der Waals surface area contributed by atoms with Crippen LogP contribution < -0.4 is 9.47 Å². The van der Waals surface area contributed by atoms with Crippen molar-refractivity contribution in [2.24, 2.45) is 0 Å². The quantitative estimate of drug-likeness (QED) is 0.750. The van der Waals surface area contributed by atoms with Crippen LogP contribution in [0.4, 0.5) is 0 Å².